The first kappa shape index (κ1) is 9.59. The number of hydrogen-bond donors (Lipinski definition) is 1. The van der Waals surface area contributed by atoms with Gasteiger partial charge < -0.3 is 5.84 Å². The number of aromatic nitrogens is 2. The summed E-state index contributed by atoms with van der Waals surface area (Å²) in [6, 6.07) is 1.93. The summed E-state index contributed by atoms with van der Waals surface area (Å²) in [6.07, 6.45) is 0. The SMILES string of the molecule is Cc1cc(C)n(N)n1.[Eu]. The molecule has 0 aliphatic heterocycles. The molecular formula is C5H9EuN3. The van der Waals surface area contributed by atoms with Crippen molar-refractivity contribution in [1.82, 2.24) is 9.89 Å². The van der Waals surface area contributed by atoms with Gasteiger partial charge in [-0.15, -0.1) is 0 Å². The minimum absolute atomic E-state index is 0. The molecule has 1 aromatic rings. The smallest absolute Gasteiger partial charge is 0.0617 e. The first-order valence-electron chi connectivity index (χ1n) is 2.48. The average molecular weight is 263 g/mol. The van der Waals surface area contributed by atoms with Crippen LogP contribution in [-0.2, 0) is 0 Å². The predicted octanol–water partition coefficient (Wildman–Crippen LogP) is 0.214. The Morgan fingerprint density at radius 1 is 1.56 bits per heavy atom. The van der Waals surface area contributed by atoms with E-state index in [4.69, 9.17) is 5.84 Å². The summed E-state index contributed by atoms with van der Waals surface area (Å²) in [4.78, 5) is 1.37. The maximum atomic E-state index is 5.35. The first-order valence-corrected chi connectivity index (χ1v) is 2.48. The fraction of sp³-hybridized carbons (Fsp3) is 0.400. The van der Waals surface area contributed by atoms with Gasteiger partial charge in [0.1, 0.15) is 0 Å². The summed E-state index contributed by atoms with van der Waals surface area (Å²) in [7, 11) is 0. The minimum Gasteiger partial charge on any atom is -0.323 e. The molecule has 2 N–H and O–H groups in total. The molecule has 1 rings (SSSR count). The Morgan fingerprint density at radius 2 is 2.11 bits per heavy atom. The molecule has 1 heterocycles. The molecule has 9 heavy (non-hydrogen) atoms. The van der Waals surface area contributed by atoms with Crippen LogP contribution in [0.25, 0.3) is 0 Å². The van der Waals surface area contributed by atoms with Gasteiger partial charge in [0.25, 0.3) is 0 Å². The molecule has 3 nitrogen and oxygen atoms in total. The van der Waals surface area contributed by atoms with E-state index in [2.05, 4.69) is 5.10 Å². The normalized spacial score (nSPS) is 8.67. The molecule has 4 heteroatoms. The van der Waals surface area contributed by atoms with Crippen molar-refractivity contribution in [2.45, 2.75) is 13.8 Å². The minimum atomic E-state index is 0. The monoisotopic (exact) mass is 264 g/mol. The third kappa shape index (κ3) is 2.36. The van der Waals surface area contributed by atoms with E-state index in [9.17, 15) is 0 Å². The van der Waals surface area contributed by atoms with Gasteiger partial charge in [-0.05, 0) is 19.9 Å². The van der Waals surface area contributed by atoms with Crippen LogP contribution >= 0.6 is 0 Å². The Kier molecular flexibility index (Phi) is 3.93. The Labute approximate surface area is 95.1 Å². The fourth-order valence-corrected chi connectivity index (χ4v) is 0.646. The van der Waals surface area contributed by atoms with Gasteiger partial charge in [0.05, 0.1) is 11.4 Å². The third-order valence-corrected chi connectivity index (χ3v) is 1.04. The summed E-state index contributed by atoms with van der Waals surface area (Å²) in [5, 5.41) is 3.91. The van der Waals surface area contributed by atoms with E-state index < -0.39 is 0 Å². The van der Waals surface area contributed by atoms with Gasteiger partial charge in [-0.3, -0.25) is 0 Å². The molecule has 1 aromatic heterocycles. The standard InChI is InChI=1S/C5H9N3.Eu/c1-4-3-5(2)8(6)7-4;/h3H,6H2,1-2H3;. The van der Waals surface area contributed by atoms with Crippen LogP contribution in [0.2, 0.25) is 0 Å². The second-order valence-corrected chi connectivity index (χ2v) is 1.87. The fourth-order valence-electron chi connectivity index (χ4n) is 0.646. The van der Waals surface area contributed by atoms with Crippen molar-refractivity contribution >= 4 is 0 Å². The number of nitrogens with zero attached hydrogens (tertiary/aromatic N) is 2. The molecule has 0 spiro atoms. The Balaban J connectivity index is 0.000000640. The maximum absolute atomic E-state index is 5.35. The summed E-state index contributed by atoms with van der Waals surface area (Å²) < 4.78 is 0. The van der Waals surface area contributed by atoms with Crippen molar-refractivity contribution in [2.75, 3.05) is 5.84 Å². The maximum Gasteiger partial charge on any atom is 0.0617 e. The quantitative estimate of drug-likeness (QED) is 0.680. The van der Waals surface area contributed by atoms with Gasteiger partial charge in [0, 0.05) is 49.4 Å². The molecule has 0 aliphatic carbocycles. The van der Waals surface area contributed by atoms with Crippen molar-refractivity contribution < 1.29 is 49.4 Å². The zero-order valence-corrected chi connectivity index (χ0v) is 7.85. The van der Waals surface area contributed by atoms with Crippen LogP contribution in [0.4, 0.5) is 0 Å². The molecule has 0 saturated carbocycles. The van der Waals surface area contributed by atoms with Crippen LogP contribution in [0.1, 0.15) is 11.4 Å². The Bertz CT molecular complexity index is 175. The third-order valence-electron chi connectivity index (χ3n) is 1.04. The van der Waals surface area contributed by atoms with Gasteiger partial charge in [-0.1, -0.05) is 0 Å². The largest absolute Gasteiger partial charge is 0.323 e. The van der Waals surface area contributed by atoms with Crippen molar-refractivity contribution in [2.24, 2.45) is 0 Å². The van der Waals surface area contributed by atoms with Crippen molar-refractivity contribution in [3.05, 3.63) is 17.5 Å². The summed E-state index contributed by atoms with van der Waals surface area (Å²) in [5.74, 6) is 5.35. The molecule has 1 radical (unpaired) electrons. The van der Waals surface area contributed by atoms with E-state index in [0.29, 0.717) is 0 Å². The van der Waals surface area contributed by atoms with Gasteiger partial charge in [-0.2, -0.15) is 9.89 Å². The topological polar surface area (TPSA) is 43.8 Å². The van der Waals surface area contributed by atoms with Crippen LogP contribution in [0.15, 0.2) is 6.07 Å². The molecule has 0 fully saturated rings. The molecule has 0 aromatic carbocycles. The Morgan fingerprint density at radius 3 is 2.22 bits per heavy atom. The molecule has 0 aliphatic rings. The van der Waals surface area contributed by atoms with E-state index in [1.807, 2.05) is 19.9 Å². The van der Waals surface area contributed by atoms with Crippen LogP contribution in [0.3, 0.4) is 0 Å². The second-order valence-electron chi connectivity index (χ2n) is 1.87. The summed E-state index contributed by atoms with van der Waals surface area (Å²) in [6.45, 7) is 3.83. The van der Waals surface area contributed by atoms with Crippen molar-refractivity contribution in [3.8, 4) is 0 Å². The van der Waals surface area contributed by atoms with Crippen molar-refractivity contribution in [3.63, 3.8) is 0 Å². The second kappa shape index (κ2) is 3.69. The van der Waals surface area contributed by atoms with Gasteiger partial charge in [0.15, 0.2) is 0 Å². The average Bonchev–Trinajstić information content (AvgIpc) is 1.85. The molecular weight excluding hydrogens is 254 g/mol. The number of hydrogen-bond acceptors (Lipinski definition) is 2. The van der Waals surface area contributed by atoms with Crippen LogP contribution in [-0.4, -0.2) is 9.89 Å². The molecule has 0 bridgehead atoms. The zero-order chi connectivity index (χ0) is 6.15. The van der Waals surface area contributed by atoms with E-state index in [0.717, 1.165) is 11.4 Å². The van der Waals surface area contributed by atoms with E-state index in [1.54, 1.807) is 0 Å². The first-order chi connectivity index (χ1) is 3.70. The van der Waals surface area contributed by atoms with Gasteiger partial charge >= 0.3 is 0 Å². The summed E-state index contributed by atoms with van der Waals surface area (Å²) in [5.41, 5.74) is 1.95. The molecule has 51 valence electrons. The van der Waals surface area contributed by atoms with E-state index in [1.165, 1.54) is 4.79 Å². The number of nitrogens with two attached hydrogens (primary N) is 1. The van der Waals surface area contributed by atoms with Crippen LogP contribution < -0.4 is 5.84 Å². The number of aryl methyl sites for hydroxylation is 2. The van der Waals surface area contributed by atoms with Gasteiger partial charge in [0.2, 0.25) is 0 Å². The van der Waals surface area contributed by atoms with Crippen LogP contribution in [0, 0.1) is 63.2 Å². The van der Waals surface area contributed by atoms with E-state index >= 15 is 0 Å². The Hall–Kier alpha value is 0.594. The van der Waals surface area contributed by atoms with Crippen LogP contribution in [0.5, 0.6) is 0 Å². The van der Waals surface area contributed by atoms with Crippen molar-refractivity contribution in [1.29, 1.82) is 0 Å². The zero-order valence-electron chi connectivity index (χ0n) is 5.43. The van der Waals surface area contributed by atoms with E-state index in [-0.39, 0.29) is 49.4 Å². The number of rotatable bonds is 0. The number of nitrogen functional groups attached to an aromatic ring is 1. The molecule has 0 unspecified atom stereocenters. The molecule has 0 atom stereocenters. The molecule has 0 amide bonds. The molecule has 0 saturated heterocycles. The predicted molar refractivity (Wildman–Crippen MR) is 31.9 cm³/mol. The van der Waals surface area contributed by atoms with Gasteiger partial charge in [-0.25, -0.2) is 0 Å². The summed E-state index contributed by atoms with van der Waals surface area (Å²) >= 11 is 0.